The lowest BCUT2D eigenvalue weighted by Gasteiger charge is -2.34. The van der Waals surface area contributed by atoms with E-state index in [0.29, 0.717) is 39.3 Å². The number of carbonyl (C=O) groups excluding carboxylic acids is 2. The van der Waals surface area contributed by atoms with E-state index in [-0.39, 0.29) is 11.9 Å². The molecule has 0 bridgehead atoms. The topological polar surface area (TPSA) is 61.9 Å². The second kappa shape index (κ2) is 10.3. The van der Waals surface area contributed by atoms with E-state index >= 15 is 0 Å². The third-order valence-corrected chi connectivity index (χ3v) is 4.73. The monoisotopic (exact) mass is 393 g/mol. The third-order valence-electron chi connectivity index (χ3n) is 4.73. The zero-order valence-electron chi connectivity index (χ0n) is 16.7. The zero-order chi connectivity index (χ0) is 20.5. The third kappa shape index (κ3) is 6.10. The fraction of sp³-hybridized carbons (Fsp3) is 0.304. The first-order valence-corrected chi connectivity index (χ1v) is 9.92. The van der Waals surface area contributed by atoms with Crippen molar-refractivity contribution < 1.29 is 14.3 Å². The van der Waals surface area contributed by atoms with Crippen LogP contribution in [0.1, 0.15) is 18.1 Å². The van der Waals surface area contributed by atoms with Gasteiger partial charge < -0.3 is 19.9 Å². The Hall–Kier alpha value is -3.28. The number of nitrogens with zero attached hydrogens (tertiary/aromatic N) is 2. The van der Waals surface area contributed by atoms with Crippen LogP contribution in [0.15, 0.2) is 60.7 Å². The predicted octanol–water partition coefficient (Wildman–Crippen LogP) is 3.15. The van der Waals surface area contributed by atoms with Crippen molar-refractivity contribution in [3.63, 3.8) is 0 Å². The molecule has 0 atom stereocenters. The molecule has 3 rings (SSSR count). The second-order valence-corrected chi connectivity index (χ2v) is 6.83. The first kappa shape index (κ1) is 20.5. The predicted molar refractivity (Wildman–Crippen MR) is 113 cm³/mol. The van der Waals surface area contributed by atoms with Gasteiger partial charge in [0.2, 0.25) is 5.91 Å². The summed E-state index contributed by atoms with van der Waals surface area (Å²) in [4.78, 5) is 27.8. The van der Waals surface area contributed by atoms with E-state index in [1.165, 1.54) is 0 Å². The molecule has 1 heterocycles. The maximum absolute atomic E-state index is 12.5. The zero-order valence-corrected chi connectivity index (χ0v) is 16.7. The molecule has 0 aliphatic carbocycles. The van der Waals surface area contributed by atoms with Gasteiger partial charge in [-0.1, -0.05) is 42.5 Å². The summed E-state index contributed by atoms with van der Waals surface area (Å²) in [5.74, 6) is 0.718. The van der Waals surface area contributed by atoms with Crippen LogP contribution in [-0.2, 0) is 11.4 Å². The number of amides is 3. The summed E-state index contributed by atoms with van der Waals surface area (Å²) in [6.07, 6.45) is 3.38. The highest BCUT2D eigenvalue weighted by atomic mass is 16.5. The van der Waals surface area contributed by atoms with Crippen LogP contribution in [0.25, 0.3) is 6.08 Å². The number of hydrogen-bond acceptors (Lipinski definition) is 3. The summed E-state index contributed by atoms with van der Waals surface area (Å²) in [7, 11) is 0. The van der Waals surface area contributed by atoms with Crippen LogP contribution in [0.3, 0.4) is 0 Å². The van der Waals surface area contributed by atoms with Crippen LogP contribution in [0.4, 0.5) is 4.79 Å². The van der Waals surface area contributed by atoms with Gasteiger partial charge >= 0.3 is 6.03 Å². The molecule has 1 saturated heterocycles. The lowest BCUT2D eigenvalue weighted by atomic mass is 10.2. The average Bonchev–Trinajstić information content (AvgIpc) is 2.77. The van der Waals surface area contributed by atoms with Crippen LogP contribution in [0, 0.1) is 0 Å². The van der Waals surface area contributed by atoms with E-state index in [9.17, 15) is 9.59 Å². The van der Waals surface area contributed by atoms with Crippen molar-refractivity contribution in [3.05, 3.63) is 71.8 Å². The smallest absolute Gasteiger partial charge is 0.317 e. The van der Waals surface area contributed by atoms with Gasteiger partial charge in [0.05, 0.1) is 0 Å². The summed E-state index contributed by atoms with van der Waals surface area (Å²) in [5, 5.41) is 2.79. The van der Waals surface area contributed by atoms with Gasteiger partial charge in [-0.25, -0.2) is 4.79 Å². The number of nitrogens with one attached hydrogen (secondary N) is 1. The van der Waals surface area contributed by atoms with Gasteiger partial charge in [-0.05, 0) is 36.3 Å². The fourth-order valence-corrected chi connectivity index (χ4v) is 3.11. The quantitative estimate of drug-likeness (QED) is 0.767. The van der Waals surface area contributed by atoms with Crippen molar-refractivity contribution in [1.29, 1.82) is 0 Å². The number of piperazine rings is 1. The molecule has 0 unspecified atom stereocenters. The van der Waals surface area contributed by atoms with E-state index in [2.05, 4.69) is 5.32 Å². The van der Waals surface area contributed by atoms with E-state index in [4.69, 9.17) is 4.74 Å². The number of benzene rings is 2. The summed E-state index contributed by atoms with van der Waals surface area (Å²) in [5.41, 5.74) is 2.01. The van der Waals surface area contributed by atoms with Gasteiger partial charge in [0.1, 0.15) is 12.4 Å². The van der Waals surface area contributed by atoms with Crippen molar-refractivity contribution in [2.45, 2.75) is 13.5 Å². The fourth-order valence-electron chi connectivity index (χ4n) is 3.11. The Kier molecular flexibility index (Phi) is 7.28. The lowest BCUT2D eigenvalue weighted by molar-refractivity contribution is -0.127. The number of carbonyl (C=O) groups is 2. The Bertz CT molecular complexity index is 843. The van der Waals surface area contributed by atoms with Crippen LogP contribution in [0.5, 0.6) is 5.75 Å². The minimum absolute atomic E-state index is 0.0452. The molecule has 3 amide bonds. The molecular formula is C23H27N3O3. The van der Waals surface area contributed by atoms with Crippen LogP contribution >= 0.6 is 0 Å². The standard InChI is InChI=1S/C23H27N3O3/c1-2-24-23(28)26-15-13-25(14-16-26)22(27)12-11-19-9-6-10-21(17-19)29-18-20-7-4-3-5-8-20/h3-12,17H,2,13-16,18H2,1H3,(H,24,28)/b12-11+. The first-order chi connectivity index (χ1) is 14.2. The van der Waals surface area contributed by atoms with E-state index in [1.54, 1.807) is 22.0 Å². The molecule has 0 radical (unpaired) electrons. The van der Waals surface area contributed by atoms with Gasteiger partial charge in [0.25, 0.3) is 0 Å². The molecule has 1 aliphatic heterocycles. The van der Waals surface area contributed by atoms with Gasteiger partial charge in [0.15, 0.2) is 0 Å². The Morgan fingerprint density at radius 2 is 1.72 bits per heavy atom. The van der Waals surface area contributed by atoms with Crippen molar-refractivity contribution in [2.75, 3.05) is 32.7 Å². The molecule has 1 N–H and O–H groups in total. The first-order valence-electron chi connectivity index (χ1n) is 9.92. The van der Waals surface area contributed by atoms with Crippen molar-refractivity contribution >= 4 is 18.0 Å². The summed E-state index contributed by atoms with van der Waals surface area (Å²) >= 11 is 0. The molecule has 0 aromatic heterocycles. The van der Waals surface area contributed by atoms with E-state index < -0.39 is 0 Å². The highest BCUT2D eigenvalue weighted by molar-refractivity contribution is 5.92. The van der Waals surface area contributed by atoms with E-state index in [0.717, 1.165) is 16.9 Å². The largest absolute Gasteiger partial charge is 0.489 e. The minimum atomic E-state index is -0.0672. The highest BCUT2D eigenvalue weighted by Crippen LogP contribution is 2.16. The SMILES string of the molecule is CCNC(=O)N1CCN(C(=O)/C=C/c2cccc(OCc3ccccc3)c2)CC1. The Morgan fingerprint density at radius 1 is 1.00 bits per heavy atom. The molecule has 0 spiro atoms. The van der Waals surface area contributed by atoms with Crippen molar-refractivity contribution in [1.82, 2.24) is 15.1 Å². The molecule has 29 heavy (non-hydrogen) atoms. The van der Waals surface area contributed by atoms with Gasteiger partial charge in [0, 0.05) is 38.8 Å². The van der Waals surface area contributed by atoms with E-state index in [1.807, 2.05) is 61.5 Å². The number of urea groups is 1. The number of hydrogen-bond donors (Lipinski definition) is 1. The minimum Gasteiger partial charge on any atom is -0.489 e. The highest BCUT2D eigenvalue weighted by Gasteiger charge is 2.22. The summed E-state index contributed by atoms with van der Waals surface area (Å²) < 4.78 is 5.84. The van der Waals surface area contributed by atoms with Crippen LogP contribution in [-0.4, -0.2) is 54.5 Å². The maximum Gasteiger partial charge on any atom is 0.317 e. The van der Waals surface area contributed by atoms with Crippen LogP contribution in [0.2, 0.25) is 0 Å². The van der Waals surface area contributed by atoms with Crippen molar-refractivity contribution in [2.24, 2.45) is 0 Å². The van der Waals surface area contributed by atoms with Crippen LogP contribution < -0.4 is 10.1 Å². The maximum atomic E-state index is 12.5. The number of ether oxygens (including phenoxy) is 1. The molecule has 1 fully saturated rings. The van der Waals surface area contributed by atoms with Gasteiger partial charge in [-0.3, -0.25) is 4.79 Å². The second-order valence-electron chi connectivity index (χ2n) is 6.83. The number of rotatable bonds is 6. The Morgan fingerprint density at radius 3 is 2.45 bits per heavy atom. The molecule has 1 aliphatic rings. The normalized spacial score (nSPS) is 14.1. The summed E-state index contributed by atoms with van der Waals surface area (Å²) in [6.45, 7) is 5.19. The molecule has 2 aromatic carbocycles. The molecule has 2 aromatic rings. The lowest BCUT2D eigenvalue weighted by Crippen LogP contribution is -2.52. The van der Waals surface area contributed by atoms with Crippen molar-refractivity contribution in [3.8, 4) is 5.75 Å². The Balaban J connectivity index is 1.51. The molecule has 6 nitrogen and oxygen atoms in total. The molecule has 0 saturated carbocycles. The Labute approximate surface area is 171 Å². The molecule has 6 heteroatoms. The van der Waals surface area contributed by atoms with Gasteiger partial charge in [-0.2, -0.15) is 0 Å². The van der Waals surface area contributed by atoms with Gasteiger partial charge in [-0.15, -0.1) is 0 Å². The molecular weight excluding hydrogens is 366 g/mol. The average molecular weight is 393 g/mol. The summed E-state index contributed by atoms with van der Waals surface area (Å²) in [6, 6.07) is 17.6. The molecule has 152 valence electrons.